The first-order valence-electron chi connectivity index (χ1n) is 11.1. The first kappa shape index (κ1) is 22.5. The zero-order valence-corrected chi connectivity index (χ0v) is 18.7. The van der Waals surface area contributed by atoms with E-state index in [9.17, 15) is 19.2 Å². The number of hydrogen-bond acceptors (Lipinski definition) is 6. The van der Waals surface area contributed by atoms with Crippen LogP contribution in [-0.4, -0.2) is 57.2 Å². The van der Waals surface area contributed by atoms with Crippen LogP contribution in [0.5, 0.6) is 0 Å². The first-order valence-corrected chi connectivity index (χ1v) is 11.1. The molecule has 2 fully saturated rings. The fourth-order valence-corrected chi connectivity index (χ4v) is 4.46. The summed E-state index contributed by atoms with van der Waals surface area (Å²) in [4.78, 5) is 50.8. The maximum absolute atomic E-state index is 13.0. The van der Waals surface area contributed by atoms with Crippen molar-refractivity contribution < 1.29 is 23.9 Å². The molecule has 10 heteroatoms. The summed E-state index contributed by atoms with van der Waals surface area (Å²) in [5.74, 6) is -1.24. The molecule has 2 N–H and O–H groups in total. The van der Waals surface area contributed by atoms with E-state index >= 15 is 0 Å². The molecule has 1 spiro atoms. The summed E-state index contributed by atoms with van der Waals surface area (Å²) in [5, 5.41) is 9.75. The van der Waals surface area contributed by atoms with Crippen molar-refractivity contribution in [2.75, 3.05) is 18.5 Å². The van der Waals surface area contributed by atoms with Gasteiger partial charge in [-0.25, -0.2) is 14.3 Å². The summed E-state index contributed by atoms with van der Waals surface area (Å²) in [6.45, 7) is 3.62. The highest BCUT2D eigenvalue weighted by Crippen LogP contribution is 2.38. The van der Waals surface area contributed by atoms with Crippen molar-refractivity contribution in [1.29, 1.82) is 0 Å². The molecule has 2 aromatic rings. The highest BCUT2D eigenvalue weighted by molar-refractivity contribution is 6.10. The summed E-state index contributed by atoms with van der Waals surface area (Å²) < 4.78 is 6.46. The SMILES string of the molecule is CCOC(=O)c1ccn(-c2ccc(NC(=O)CN3C(=O)NC4(CCCCC4C)C3=O)cc2)n1. The van der Waals surface area contributed by atoms with Crippen molar-refractivity contribution in [1.82, 2.24) is 20.0 Å². The molecule has 33 heavy (non-hydrogen) atoms. The smallest absolute Gasteiger partial charge is 0.358 e. The average Bonchev–Trinajstić information content (AvgIpc) is 3.37. The fourth-order valence-electron chi connectivity index (χ4n) is 4.46. The van der Waals surface area contributed by atoms with Gasteiger partial charge in [0.05, 0.1) is 12.3 Å². The van der Waals surface area contributed by atoms with Crippen molar-refractivity contribution in [2.45, 2.75) is 45.1 Å². The number of hydrogen-bond donors (Lipinski definition) is 2. The van der Waals surface area contributed by atoms with Gasteiger partial charge in [-0.3, -0.25) is 14.5 Å². The number of esters is 1. The van der Waals surface area contributed by atoms with E-state index in [1.54, 1.807) is 43.5 Å². The van der Waals surface area contributed by atoms with Gasteiger partial charge in [0.1, 0.15) is 12.1 Å². The Labute approximate surface area is 191 Å². The van der Waals surface area contributed by atoms with Gasteiger partial charge in [0.2, 0.25) is 5.91 Å². The Kier molecular flexibility index (Phi) is 6.17. The van der Waals surface area contributed by atoms with E-state index in [-0.39, 0.29) is 30.7 Å². The normalized spacial score (nSPS) is 22.4. The number of nitrogens with one attached hydrogen (secondary N) is 2. The Balaban J connectivity index is 1.38. The van der Waals surface area contributed by atoms with Crippen LogP contribution in [0.25, 0.3) is 5.69 Å². The fraction of sp³-hybridized carbons (Fsp3) is 0.435. The standard InChI is InChI=1S/C23H27N5O5/c1-3-33-20(30)18-11-13-28(26-18)17-9-7-16(8-10-17)24-19(29)14-27-21(31)23(25-22(27)32)12-5-4-6-15(23)2/h7-11,13,15H,3-6,12,14H2,1-2H3,(H,24,29)(H,25,32). The number of imide groups is 1. The number of ether oxygens (including phenoxy) is 1. The van der Waals surface area contributed by atoms with E-state index in [1.807, 2.05) is 6.92 Å². The lowest BCUT2D eigenvalue weighted by molar-refractivity contribution is -0.136. The highest BCUT2D eigenvalue weighted by atomic mass is 16.5. The molecule has 4 amide bonds. The second-order valence-electron chi connectivity index (χ2n) is 8.40. The number of amides is 4. The van der Waals surface area contributed by atoms with Gasteiger partial charge >= 0.3 is 12.0 Å². The highest BCUT2D eigenvalue weighted by Gasteiger charge is 2.55. The third-order valence-electron chi connectivity index (χ3n) is 6.29. The van der Waals surface area contributed by atoms with Gasteiger partial charge < -0.3 is 15.4 Å². The van der Waals surface area contributed by atoms with Gasteiger partial charge in [0.15, 0.2) is 5.69 Å². The minimum Gasteiger partial charge on any atom is -0.461 e. The second kappa shape index (κ2) is 9.05. The molecule has 0 bridgehead atoms. The number of carbonyl (C=O) groups excluding carboxylic acids is 4. The third-order valence-corrected chi connectivity index (χ3v) is 6.29. The average molecular weight is 453 g/mol. The largest absolute Gasteiger partial charge is 0.461 e. The van der Waals surface area contributed by atoms with E-state index in [2.05, 4.69) is 15.7 Å². The maximum Gasteiger partial charge on any atom is 0.358 e. The number of carbonyl (C=O) groups is 4. The van der Waals surface area contributed by atoms with Gasteiger partial charge in [0, 0.05) is 11.9 Å². The number of benzene rings is 1. The van der Waals surface area contributed by atoms with Crippen LogP contribution in [-0.2, 0) is 14.3 Å². The topological polar surface area (TPSA) is 123 Å². The molecule has 2 unspecified atom stereocenters. The lowest BCUT2D eigenvalue weighted by Gasteiger charge is -2.36. The minimum atomic E-state index is -0.885. The van der Waals surface area contributed by atoms with E-state index in [4.69, 9.17) is 4.74 Å². The summed E-state index contributed by atoms with van der Waals surface area (Å²) in [7, 11) is 0. The second-order valence-corrected chi connectivity index (χ2v) is 8.40. The molecule has 174 valence electrons. The molecule has 10 nitrogen and oxygen atoms in total. The van der Waals surface area contributed by atoms with Crippen LogP contribution in [0.4, 0.5) is 10.5 Å². The lowest BCUT2D eigenvalue weighted by Crippen LogP contribution is -2.54. The molecule has 1 aromatic carbocycles. The van der Waals surface area contributed by atoms with Gasteiger partial charge in [-0.2, -0.15) is 5.10 Å². The molecule has 1 aliphatic carbocycles. The monoisotopic (exact) mass is 453 g/mol. The number of anilines is 1. The minimum absolute atomic E-state index is 0.0370. The zero-order valence-electron chi connectivity index (χ0n) is 18.7. The summed E-state index contributed by atoms with van der Waals surface area (Å²) in [6.07, 6.45) is 5.02. The molecule has 0 radical (unpaired) electrons. The van der Waals surface area contributed by atoms with Crippen molar-refractivity contribution in [3.8, 4) is 5.69 Å². The third kappa shape index (κ3) is 4.33. The van der Waals surface area contributed by atoms with Crippen LogP contribution in [0.1, 0.15) is 50.0 Å². The Morgan fingerprint density at radius 3 is 2.67 bits per heavy atom. The van der Waals surface area contributed by atoms with Crippen LogP contribution in [0.15, 0.2) is 36.5 Å². The Morgan fingerprint density at radius 1 is 1.21 bits per heavy atom. The molecule has 1 saturated carbocycles. The maximum atomic E-state index is 13.0. The molecule has 2 aliphatic rings. The Bertz CT molecular complexity index is 1080. The van der Waals surface area contributed by atoms with Crippen LogP contribution in [0, 0.1) is 5.92 Å². The first-order chi connectivity index (χ1) is 15.8. The number of rotatable bonds is 6. The summed E-state index contributed by atoms with van der Waals surface area (Å²) in [5.41, 5.74) is 0.511. The van der Waals surface area contributed by atoms with Crippen LogP contribution >= 0.6 is 0 Å². The Morgan fingerprint density at radius 2 is 1.97 bits per heavy atom. The number of aromatic nitrogens is 2. The van der Waals surface area contributed by atoms with E-state index in [0.717, 1.165) is 24.2 Å². The van der Waals surface area contributed by atoms with Crippen molar-refractivity contribution >= 4 is 29.5 Å². The molecule has 4 rings (SSSR count). The lowest BCUT2D eigenvalue weighted by atomic mass is 9.73. The quantitative estimate of drug-likeness (QED) is 0.512. The summed E-state index contributed by atoms with van der Waals surface area (Å²) >= 11 is 0. The molecule has 2 atom stereocenters. The van der Waals surface area contributed by atoms with Crippen molar-refractivity contribution in [3.05, 3.63) is 42.2 Å². The number of nitrogens with zero attached hydrogens (tertiary/aromatic N) is 3. The van der Waals surface area contributed by atoms with E-state index in [0.29, 0.717) is 17.8 Å². The van der Waals surface area contributed by atoms with Gasteiger partial charge in [-0.1, -0.05) is 19.8 Å². The van der Waals surface area contributed by atoms with Crippen LogP contribution < -0.4 is 10.6 Å². The Hall–Kier alpha value is -3.69. The van der Waals surface area contributed by atoms with Gasteiger partial charge in [0.25, 0.3) is 5.91 Å². The van der Waals surface area contributed by atoms with Gasteiger partial charge in [-0.05, 0) is 56.0 Å². The van der Waals surface area contributed by atoms with E-state index in [1.165, 1.54) is 4.68 Å². The molecule has 1 aliphatic heterocycles. The molecular weight excluding hydrogens is 426 g/mol. The van der Waals surface area contributed by atoms with Crippen LogP contribution in [0.3, 0.4) is 0 Å². The van der Waals surface area contributed by atoms with E-state index < -0.39 is 23.4 Å². The predicted octanol–water partition coefficient (Wildman–Crippen LogP) is 2.49. The summed E-state index contributed by atoms with van der Waals surface area (Å²) in [6, 6.07) is 7.85. The van der Waals surface area contributed by atoms with Crippen molar-refractivity contribution in [2.24, 2.45) is 5.92 Å². The molecule has 1 saturated heterocycles. The molecular formula is C23H27N5O5. The number of urea groups is 1. The van der Waals surface area contributed by atoms with Gasteiger partial charge in [-0.15, -0.1) is 0 Å². The van der Waals surface area contributed by atoms with Crippen LogP contribution in [0.2, 0.25) is 0 Å². The zero-order chi connectivity index (χ0) is 23.6. The predicted molar refractivity (Wildman–Crippen MR) is 119 cm³/mol. The molecule has 1 aromatic heterocycles. The van der Waals surface area contributed by atoms with Crippen molar-refractivity contribution in [3.63, 3.8) is 0 Å². The molecule has 2 heterocycles.